The molecule has 2 aromatic carbocycles. The summed E-state index contributed by atoms with van der Waals surface area (Å²) in [4.78, 5) is 17.0. The zero-order valence-corrected chi connectivity index (χ0v) is 17.1. The molecule has 1 heterocycles. The number of nitrogens with one attached hydrogen (secondary N) is 1. The SMILES string of the molecule is COc1ccc(S(=O)(=O)NCCn2c(=O)c(C)nc3ccccc32)c(C)c1C. The van der Waals surface area contributed by atoms with Crippen LogP contribution in [-0.4, -0.2) is 31.6 Å². The van der Waals surface area contributed by atoms with Crippen LogP contribution in [-0.2, 0) is 16.6 Å². The Balaban J connectivity index is 1.86. The van der Waals surface area contributed by atoms with E-state index >= 15 is 0 Å². The van der Waals surface area contributed by atoms with Crippen LogP contribution >= 0.6 is 0 Å². The topological polar surface area (TPSA) is 90.3 Å². The van der Waals surface area contributed by atoms with E-state index in [0.717, 1.165) is 5.56 Å². The van der Waals surface area contributed by atoms with Crippen molar-refractivity contribution >= 4 is 21.1 Å². The highest BCUT2D eigenvalue weighted by Crippen LogP contribution is 2.26. The van der Waals surface area contributed by atoms with Crippen LogP contribution in [0.5, 0.6) is 5.75 Å². The third-order valence-corrected chi connectivity index (χ3v) is 6.45. The van der Waals surface area contributed by atoms with Gasteiger partial charge in [-0.1, -0.05) is 12.1 Å². The molecule has 0 fully saturated rings. The first kappa shape index (κ1) is 20.0. The van der Waals surface area contributed by atoms with Crippen LogP contribution in [0.4, 0.5) is 0 Å². The molecule has 3 aromatic rings. The van der Waals surface area contributed by atoms with Crippen molar-refractivity contribution in [3.8, 4) is 5.75 Å². The van der Waals surface area contributed by atoms with E-state index in [1.807, 2.05) is 25.1 Å². The number of ether oxygens (including phenoxy) is 1. The monoisotopic (exact) mass is 401 g/mol. The smallest absolute Gasteiger partial charge is 0.272 e. The lowest BCUT2D eigenvalue weighted by molar-refractivity contribution is 0.410. The van der Waals surface area contributed by atoms with Crippen LogP contribution in [0, 0.1) is 20.8 Å². The molecule has 0 bridgehead atoms. The molecule has 148 valence electrons. The maximum absolute atomic E-state index is 12.8. The fourth-order valence-electron chi connectivity index (χ4n) is 3.19. The maximum Gasteiger partial charge on any atom is 0.272 e. The first-order valence-electron chi connectivity index (χ1n) is 8.86. The third-order valence-electron chi connectivity index (χ3n) is 4.84. The zero-order chi connectivity index (χ0) is 20.5. The van der Waals surface area contributed by atoms with Crippen LogP contribution < -0.4 is 15.0 Å². The van der Waals surface area contributed by atoms with Gasteiger partial charge in [0, 0.05) is 13.1 Å². The van der Waals surface area contributed by atoms with Gasteiger partial charge >= 0.3 is 0 Å². The number of hydrogen-bond acceptors (Lipinski definition) is 5. The molecule has 0 aliphatic rings. The predicted octanol–water partition coefficient (Wildman–Crippen LogP) is 2.31. The molecule has 1 N–H and O–H groups in total. The number of methoxy groups -OCH3 is 1. The minimum absolute atomic E-state index is 0.0835. The summed E-state index contributed by atoms with van der Waals surface area (Å²) < 4.78 is 34.9. The van der Waals surface area contributed by atoms with Crippen LogP contribution in [0.15, 0.2) is 46.1 Å². The summed E-state index contributed by atoms with van der Waals surface area (Å²) in [6.45, 7) is 5.50. The summed E-state index contributed by atoms with van der Waals surface area (Å²) in [5.41, 5.74) is 2.93. The second-order valence-electron chi connectivity index (χ2n) is 6.56. The average Bonchev–Trinajstić information content (AvgIpc) is 2.66. The van der Waals surface area contributed by atoms with E-state index in [1.165, 1.54) is 6.07 Å². The predicted molar refractivity (Wildman–Crippen MR) is 108 cm³/mol. The van der Waals surface area contributed by atoms with Crippen LogP contribution in [0.25, 0.3) is 11.0 Å². The summed E-state index contributed by atoms with van der Waals surface area (Å²) in [5.74, 6) is 0.640. The average molecular weight is 401 g/mol. The number of aryl methyl sites for hydroxylation is 1. The fourth-order valence-corrected chi connectivity index (χ4v) is 4.51. The molecule has 28 heavy (non-hydrogen) atoms. The molecule has 1 aromatic heterocycles. The quantitative estimate of drug-likeness (QED) is 0.685. The zero-order valence-electron chi connectivity index (χ0n) is 16.3. The standard InChI is InChI=1S/C20H23N3O4S/c1-13-14(2)19(10-9-18(13)27-4)28(25,26)21-11-12-23-17-8-6-5-7-16(17)22-15(3)20(23)24/h5-10,21H,11-12H2,1-4H3. The van der Waals surface area contributed by atoms with E-state index in [1.54, 1.807) is 37.7 Å². The van der Waals surface area contributed by atoms with Gasteiger partial charge in [0.1, 0.15) is 11.4 Å². The second kappa shape index (κ2) is 7.73. The molecule has 0 amide bonds. The van der Waals surface area contributed by atoms with Gasteiger partial charge in [-0.2, -0.15) is 0 Å². The molecule has 0 aliphatic carbocycles. The second-order valence-corrected chi connectivity index (χ2v) is 8.29. The molecule has 0 aliphatic heterocycles. The Kier molecular flexibility index (Phi) is 5.53. The maximum atomic E-state index is 12.8. The third kappa shape index (κ3) is 3.65. The van der Waals surface area contributed by atoms with E-state index in [2.05, 4.69) is 9.71 Å². The minimum atomic E-state index is -3.72. The first-order chi connectivity index (χ1) is 13.3. The highest BCUT2D eigenvalue weighted by atomic mass is 32.2. The largest absolute Gasteiger partial charge is 0.496 e. The van der Waals surface area contributed by atoms with Crippen molar-refractivity contribution in [2.24, 2.45) is 0 Å². The molecule has 0 radical (unpaired) electrons. The summed E-state index contributed by atoms with van der Waals surface area (Å²) >= 11 is 0. The Labute approximate surface area is 164 Å². The highest BCUT2D eigenvalue weighted by molar-refractivity contribution is 7.89. The fraction of sp³-hybridized carbons (Fsp3) is 0.300. The van der Waals surface area contributed by atoms with Gasteiger partial charge in [0.25, 0.3) is 5.56 Å². The number of fused-ring (bicyclic) bond motifs is 1. The molecular weight excluding hydrogens is 378 g/mol. The van der Waals surface area contributed by atoms with Crippen LogP contribution in [0.2, 0.25) is 0 Å². The van der Waals surface area contributed by atoms with Crippen molar-refractivity contribution in [3.63, 3.8) is 0 Å². The van der Waals surface area contributed by atoms with E-state index in [4.69, 9.17) is 4.74 Å². The minimum Gasteiger partial charge on any atom is -0.496 e. The molecule has 7 nitrogen and oxygen atoms in total. The van der Waals surface area contributed by atoms with Gasteiger partial charge in [-0.05, 0) is 56.2 Å². The van der Waals surface area contributed by atoms with Gasteiger partial charge < -0.3 is 9.30 Å². The van der Waals surface area contributed by atoms with Gasteiger partial charge in [0.15, 0.2) is 0 Å². The van der Waals surface area contributed by atoms with Gasteiger partial charge in [-0.25, -0.2) is 18.1 Å². The van der Waals surface area contributed by atoms with E-state index < -0.39 is 10.0 Å². The molecule has 0 atom stereocenters. The van der Waals surface area contributed by atoms with Crippen molar-refractivity contribution in [2.45, 2.75) is 32.2 Å². The lowest BCUT2D eigenvalue weighted by atomic mass is 10.1. The molecule has 0 spiro atoms. The molecule has 0 unspecified atom stereocenters. The van der Waals surface area contributed by atoms with Gasteiger partial charge in [0.2, 0.25) is 10.0 Å². The number of sulfonamides is 1. The van der Waals surface area contributed by atoms with Crippen molar-refractivity contribution in [2.75, 3.05) is 13.7 Å². The van der Waals surface area contributed by atoms with Crippen LogP contribution in [0.1, 0.15) is 16.8 Å². The summed E-state index contributed by atoms with van der Waals surface area (Å²) in [6, 6.07) is 10.5. The van der Waals surface area contributed by atoms with Gasteiger partial charge in [-0.15, -0.1) is 0 Å². The summed E-state index contributed by atoms with van der Waals surface area (Å²) in [7, 11) is -2.17. The Morgan fingerprint density at radius 1 is 1.07 bits per heavy atom. The van der Waals surface area contributed by atoms with Crippen LogP contribution in [0.3, 0.4) is 0 Å². The number of benzene rings is 2. The molecule has 0 saturated carbocycles. The van der Waals surface area contributed by atoms with Crippen molar-refractivity contribution in [1.29, 1.82) is 0 Å². The Morgan fingerprint density at radius 3 is 2.50 bits per heavy atom. The number of rotatable bonds is 6. The molecule has 3 rings (SSSR count). The number of para-hydroxylation sites is 2. The van der Waals surface area contributed by atoms with E-state index in [0.29, 0.717) is 28.0 Å². The van der Waals surface area contributed by atoms with Gasteiger partial charge in [-0.3, -0.25) is 4.79 Å². The number of hydrogen-bond donors (Lipinski definition) is 1. The summed E-state index contributed by atoms with van der Waals surface area (Å²) in [6.07, 6.45) is 0. The molecular formula is C20H23N3O4S. The number of aromatic nitrogens is 2. The van der Waals surface area contributed by atoms with Crippen molar-refractivity contribution in [3.05, 3.63) is 63.6 Å². The van der Waals surface area contributed by atoms with Crippen molar-refractivity contribution in [1.82, 2.24) is 14.3 Å². The molecule has 8 heteroatoms. The molecule has 0 saturated heterocycles. The summed E-state index contributed by atoms with van der Waals surface area (Å²) in [5, 5.41) is 0. The Morgan fingerprint density at radius 2 is 1.79 bits per heavy atom. The van der Waals surface area contributed by atoms with Gasteiger partial charge in [0.05, 0.1) is 23.0 Å². The Bertz CT molecular complexity index is 1200. The van der Waals surface area contributed by atoms with Crippen molar-refractivity contribution < 1.29 is 13.2 Å². The number of nitrogens with zero attached hydrogens (tertiary/aromatic N) is 2. The normalized spacial score (nSPS) is 11.7. The lowest BCUT2D eigenvalue weighted by Crippen LogP contribution is -2.32. The van der Waals surface area contributed by atoms with E-state index in [-0.39, 0.29) is 23.5 Å². The highest BCUT2D eigenvalue weighted by Gasteiger charge is 2.19. The lowest BCUT2D eigenvalue weighted by Gasteiger charge is -2.15. The Hall–Kier alpha value is -2.71. The van der Waals surface area contributed by atoms with E-state index in [9.17, 15) is 13.2 Å². The first-order valence-corrected chi connectivity index (χ1v) is 10.3.